The molecule has 1 aromatic heterocycles. The number of carbonyl (C=O) groups excluding carboxylic acids is 1. The molecule has 0 bridgehead atoms. The SMILES string of the molecule is O=C(Cn1ncc2c1-c1ccccc1OC2O)Nc1cccc(Cl)c1. The first-order valence-electron chi connectivity index (χ1n) is 7.67. The van der Waals surface area contributed by atoms with Crippen LogP contribution in [0.4, 0.5) is 5.69 Å². The average Bonchev–Trinajstić information content (AvgIpc) is 2.99. The lowest BCUT2D eigenvalue weighted by Gasteiger charge is -2.23. The molecule has 1 amide bonds. The maximum Gasteiger partial charge on any atom is 0.246 e. The van der Waals surface area contributed by atoms with Gasteiger partial charge < -0.3 is 15.2 Å². The lowest BCUT2D eigenvalue weighted by Crippen LogP contribution is -2.21. The molecule has 1 aliphatic heterocycles. The zero-order valence-corrected chi connectivity index (χ0v) is 13.8. The van der Waals surface area contributed by atoms with Crippen LogP contribution in [0.1, 0.15) is 11.9 Å². The summed E-state index contributed by atoms with van der Waals surface area (Å²) in [6.07, 6.45) is 0.414. The molecule has 0 saturated carbocycles. The third-order valence-corrected chi connectivity index (χ3v) is 4.15. The van der Waals surface area contributed by atoms with Crippen LogP contribution < -0.4 is 10.1 Å². The highest BCUT2D eigenvalue weighted by Gasteiger charge is 2.28. The lowest BCUT2D eigenvalue weighted by atomic mass is 10.0. The van der Waals surface area contributed by atoms with Crippen molar-refractivity contribution in [1.29, 1.82) is 0 Å². The summed E-state index contributed by atoms with van der Waals surface area (Å²) in [6, 6.07) is 14.3. The number of hydrogen-bond acceptors (Lipinski definition) is 4. The molecule has 0 spiro atoms. The number of ether oxygens (including phenoxy) is 1. The number of halogens is 1. The van der Waals surface area contributed by atoms with Crippen molar-refractivity contribution in [2.24, 2.45) is 0 Å². The van der Waals surface area contributed by atoms with Gasteiger partial charge in [0.2, 0.25) is 12.2 Å². The van der Waals surface area contributed by atoms with Crippen LogP contribution in [0.2, 0.25) is 5.02 Å². The highest BCUT2D eigenvalue weighted by atomic mass is 35.5. The molecular formula is C18H14ClN3O3. The number of carbonyl (C=O) groups is 1. The monoisotopic (exact) mass is 355 g/mol. The molecule has 6 nitrogen and oxygen atoms in total. The summed E-state index contributed by atoms with van der Waals surface area (Å²) < 4.78 is 7.03. The van der Waals surface area contributed by atoms with Gasteiger partial charge in [-0.25, -0.2) is 0 Å². The van der Waals surface area contributed by atoms with Gasteiger partial charge in [0.25, 0.3) is 0 Å². The van der Waals surface area contributed by atoms with Crippen molar-refractivity contribution in [3.05, 3.63) is 65.3 Å². The van der Waals surface area contributed by atoms with E-state index in [1.807, 2.05) is 18.2 Å². The fraction of sp³-hybridized carbons (Fsp3) is 0.111. The molecule has 25 heavy (non-hydrogen) atoms. The smallest absolute Gasteiger partial charge is 0.246 e. The molecular weight excluding hydrogens is 342 g/mol. The third kappa shape index (κ3) is 2.97. The summed E-state index contributed by atoms with van der Waals surface area (Å²) in [5, 5.41) is 17.7. The van der Waals surface area contributed by atoms with Crippen molar-refractivity contribution >= 4 is 23.2 Å². The van der Waals surface area contributed by atoms with E-state index >= 15 is 0 Å². The van der Waals surface area contributed by atoms with Crippen molar-refractivity contribution in [3.63, 3.8) is 0 Å². The Morgan fingerprint density at radius 2 is 2.12 bits per heavy atom. The molecule has 1 atom stereocenters. The van der Waals surface area contributed by atoms with Gasteiger partial charge in [0.05, 0.1) is 17.5 Å². The molecule has 1 aliphatic rings. The minimum absolute atomic E-state index is 0.00288. The summed E-state index contributed by atoms with van der Waals surface area (Å²) in [5.41, 5.74) is 2.61. The van der Waals surface area contributed by atoms with Crippen LogP contribution in [-0.2, 0) is 11.3 Å². The number of amides is 1. The van der Waals surface area contributed by atoms with E-state index in [0.29, 0.717) is 27.7 Å². The second kappa shape index (κ2) is 6.23. The van der Waals surface area contributed by atoms with Crippen LogP contribution >= 0.6 is 11.6 Å². The molecule has 4 rings (SSSR count). The highest BCUT2D eigenvalue weighted by Crippen LogP contribution is 2.41. The number of nitrogens with one attached hydrogen (secondary N) is 1. The van der Waals surface area contributed by atoms with Crippen LogP contribution in [0.25, 0.3) is 11.3 Å². The number of fused-ring (bicyclic) bond motifs is 3. The number of aliphatic hydroxyl groups is 1. The minimum Gasteiger partial charge on any atom is -0.460 e. The summed E-state index contributed by atoms with van der Waals surface area (Å²) in [7, 11) is 0. The lowest BCUT2D eigenvalue weighted by molar-refractivity contribution is -0.116. The van der Waals surface area contributed by atoms with Gasteiger partial charge in [-0.2, -0.15) is 5.10 Å². The maximum absolute atomic E-state index is 12.4. The number of para-hydroxylation sites is 1. The molecule has 2 heterocycles. The van der Waals surface area contributed by atoms with E-state index in [2.05, 4.69) is 10.4 Å². The summed E-state index contributed by atoms with van der Waals surface area (Å²) in [4.78, 5) is 12.4. The van der Waals surface area contributed by atoms with E-state index in [-0.39, 0.29) is 12.5 Å². The van der Waals surface area contributed by atoms with Crippen LogP contribution in [0.3, 0.4) is 0 Å². The zero-order valence-electron chi connectivity index (χ0n) is 13.0. The normalized spacial score (nSPS) is 15.0. The van der Waals surface area contributed by atoms with Gasteiger partial charge in [-0.1, -0.05) is 29.8 Å². The topological polar surface area (TPSA) is 76.4 Å². The van der Waals surface area contributed by atoms with Crippen LogP contribution in [0.5, 0.6) is 5.75 Å². The third-order valence-electron chi connectivity index (χ3n) is 3.92. The number of rotatable bonds is 3. The summed E-state index contributed by atoms with van der Waals surface area (Å²) in [5.74, 6) is 0.311. The van der Waals surface area contributed by atoms with Crippen LogP contribution in [-0.4, -0.2) is 20.8 Å². The number of nitrogens with zero attached hydrogens (tertiary/aromatic N) is 2. The zero-order chi connectivity index (χ0) is 17.4. The van der Waals surface area contributed by atoms with E-state index in [1.54, 1.807) is 35.0 Å². The van der Waals surface area contributed by atoms with Gasteiger partial charge in [0.1, 0.15) is 12.3 Å². The van der Waals surface area contributed by atoms with Gasteiger partial charge in [-0.05, 0) is 30.3 Å². The van der Waals surface area contributed by atoms with E-state index in [9.17, 15) is 9.90 Å². The van der Waals surface area contributed by atoms with E-state index in [0.717, 1.165) is 5.56 Å². The van der Waals surface area contributed by atoms with E-state index < -0.39 is 6.29 Å². The predicted molar refractivity (Wildman–Crippen MR) is 93.3 cm³/mol. The molecule has 0 fully saturated rings. The molecule has 0 aliphatic carbocycles. The van der Waals surface area contributed by atoms with Crippen molar-refractivity contribution in [3.8, 4) is 17.0 Å². The Bertz CT molecular complexity index is 954. The van der Waals surface area contributed by atoms with E-state index in [4.69, 9.17) is 16.3 Å². The summed E-state index contributed by atoms with van der Waals surface area (Å²) >= 11 is 5.93. The first-order valence-corrected chi connectivity index (χ1v) is 8.05. The van der Waals surface area contributed by atoms with Crippen molar-refractivity contribution in [2.75, 3.05) is 5.32 Å². The number of anilines is 1. The average molecular weight is 356 g/mol. The first-order chi connectivity index (χ1) is 12.1. The predicted octanol–water partition coefficient (Wildman–Crippen LogP) is 3.23. The van der Waals surface area contributed by atoms with Gasteiger partial charge in [0.15, 0.2) is 0 Å². The number of aliphatic hydroxyl groups excluding tert-OH is 1. The molecule has 126 valence electrons. The number of aromatic nitrogens is 2. The summed E-state index contributed by atoms with van der Waals surface area (Å²) in [6.45, 7) is 0.00288. The Kier molecular flexibility index (Phi) is 3.91. The highest BCUT2D eigenvalue weighted by molar-refractivity contribution is 6.30. The van der Waals surface area contributed by atoms with E-state index in [1.165, 1.54) is 6.20 Å². The quantitative estimate of drug-likeness (QED) is 0.756. The fourth-order valence-electron chi connectivity index (χ4n) is 2.85. The second-order valence-electron chi connectivity index (χ2n) is 5.63. The van der Waals surface area contributed by atoms with Crippen molar-refractivity contribution in [1.82, 2.24) is 9.78 Å². The number of hydrogen-bond donors (Lipinski definition) is 2. The van der Waals surface area contributed by atoms with Gasteiger partial charge in [0, 0.05) is 16.3 Å². The molecule has 0 saturated heterocycles. The molecule has 3 aromatic rings. The molecule has 7 heteroatoms. The van der Waals surface area contributed by atoms with Crippen molar-refractivity contribution in [2.45, 2.75) is 12.8 Å². The molecule has 2 aromatic carbocycles. The van der Waals surface area contributed by atoms with Crippen LogP contribution in [0, 0.1) is 0 Å². The molecule has 0 radical (unpaired) electrons. The number of benzene rings is 2. The fourth-order valence-corrected chi connectivity index (χ4v) is 3.04. The minimum atomic E-state index is -1.10. The standard InChI is InChI=1S/C18H14ClN3O3/c19-11-4-3-5-12(8-11)21-16(23)10-22-17-13-6-1-2-7-15(13)25-18(24)14(17)9-20-22/h1-9,18,24H,10H2,(H,21,23). The Morgan fingerprint density at radius 1 is 1.28 bits per heavy atom. The van der Waals surface area contributed by atoms with Crippen molar-refractivity contribution < 1.29 is 14.6 Å². The Balaban J connectivity index is 1.62. The Labute approximate surface area is 148 Å². The van der Waals surface area contributed by atoms with Gasteiger partial charge in [-0.3, -0.25) is 9.48 Å². The van der Waals surface area contributed by atoms with Crippen LogP contribution in [0.15, 0.2) is 54.7 Å². The van der Waals surface area contributed by atoms with Gasteiger partial charge >= 0.3 is 0 Å². The van der Waals surface area contributed by atoms with Gasteiger partial charge in [-0.15, -0.1) is 0 Å². The Hall–Kier alpha value is -2.83. The maximum atomic E-state index is 12.4. The second-order valence-corrected chi connectivity index (χ2v) is 6.07. The Morgan fingerprint density at radius 3 is 2.96 bits per heavy atom. The molecule has 1 unspecified atom stereocenters. The molecule has 2 N–H and O–H groups in total. The first kappa shape index (κ1) is 15.7. The largest absolute Gasteiger partial charge is 0.460 e.